The number of nitrogens with one attached hydrogen (secondary N) is 1. The highest BCUT2D eigenvalue weighted by Gasteiger charge is 2.45. The molecule has 3 N–H and O–H groups in total. The Morgan fingerprint density at radius 1 is 1.11 bits per heavy atom. The van der Waals surface area contributed by atoms with E-state index in [4.69, 9.17) is 9.88 Å². The standard InChI is InChI=1S/C25H42N4O5S2/c1-2-3-4-5-15-34-22-9-10-23-20(17-22)11-14-28-19-21-8-6-13-29(24(21)18-25(23)28)35(30,31)16-7-12-27-36(26,32)33/h9-10,17,21,24-25,27H,2-8,11-16,18-19H2,1H3,(H2,26,32,33)/t21-,24+,25-/m0/s1. The second-order valence-corrected chi connectivity index (χ2v) is 13.9. The average molecular weight is 543 g/mol. The Hall–Kier alpha value is -1.24. The van der Waals surface area contributed by atoms with Gasteiger partial charge in [0.05, 0.1) is 12.4 Å². The van der Waals surface area contributed by atoms with Crippen molar-refractivity contribution in [2.45, 2.75) is 76.8 Å². The van der Waals surface area contributed by atoms with Gasteiger partial charge in [-0.15, -0.1) is 0 Å². The molecule has 0 bridgehead atoms. The molecule has 2 fully saturated rings. The average Bonchev–Trinajstić information content (AvgIpc) is 2.84. The molecule has 0 unspecified atom stereocenters. The van der Waals surface area contributed by atoms with Gasteiger partial charge in [-0.25, -0.2) is 18.3 Å². The molecule has 3 heterocycles. The molecule has 0 radical (unpaired) electrons. The van der Waals surface area contributed by atoms with E-state index in [1.807, 2.05) is 0 Å². The van der Waals surface area contributed by atoms with Gasteiger partial charge in [0.15, 0.2) is 0 Å². The van der Waals surface area contributed by atoms with Crippen molar-refractivity contribution in [1.29, 1.82) is 0 Å². The predicted molar refractivity (Wildman–Crippen MR) is 141 cm³/mol. The molecule has 3 atom stereocenters. The smallest absolute Gasteiger partial charge is 0.274 e. The molecular weight excluding hydrogens is 500 g/mol. The fourth-order valence-corrected chi connectivity index (χ4v) is 8.38. The third kappa shape index (κ3) is 6.99. The van der Waals surface area contributed by atoms with Crippen molar-refractivity contribution in [3.05, 3.63) is 29.3 Å². The normalized spacial score (nSPS) is 25.1. The molecule has 0 amide bonds. The Kier molecular flexibility index (Phi) is 9.33. The van der Waals surface area contributed by atoms with Crippen LogP contribution in [0.1, 0.15) is 75.5 Å². The third-order valence-electron chi connectivity index (χ3n) is 7.89. The van der Waals surface area contributed by atoms with Gasteiger partial charge in [0, 0.05) is 38.3 Å². The Balaban J connectivity index is 1.42. The number of fused-ring (bicyclic) bond motifs is 4. The van der Waals surface area contributed by atoms with Crippen molar-refractivity contribution >= 4 is 20.2 Å². The lowest BCUT2D eigenvalue weighted by Crippen LogP contribution is -2.57. The lowest BCUT2D eigenvalue weighted by Gasteiger charge is -2.51. The highest BCUT2D eigenvalue weighted by atomic mass is 32.2. The van der Waals surface area contributed by atoms with E-state index in [0.29, 0.717) is 12.5 Å². The van der Waals surface area contributed by atoms with Crippen LogP contribution >= 0.6 is 0 Å². The number of piperidine rings is 2. The molecule has 0 aromatic heterocycles. The SMILES string of the molecule is CCCCCCOc1ccc2c(c1)CCN1C[C@@H]3CCCN(S(=O)(=O)CCCNS(N)(=O)=O)[C@@H]3C[C@@H]21. The molecule has 3 aliphatic heterocycles. The highest BCUT2D eigenvalue weighted by Crippen LogP contribution is 2.44. The van der Waals surface area contributed by atoms with Crippen LogP contribution in [0.5, 0.6) is 5.75 Å². The summed E-state index contributed by atoms with van der Waals surface area (Å²) < 4.78 is 58.6. The summed E-state index contributed by atoms with van der Waals surface area (Å²) in [7, 11) is -7.30. The number of nitrogens with two attached hydrogens (primary N) is 1. The van der Waals surface area contributed by atoms with Crippen molar-refractivity contribution in [3.63, 3.8) is 0 Å². The fraction of sp³-hybridized carbons (Fsp3) is 0.760. The molecule has 4 rings (SSSR count). The van der Waals surface area contributed by atoms with E-state index in [1.54, 1.807) is 4.31 Å². The van der Waals surface area contributed by atoms with E-state index < -0.39 is 20.2 Å². The van der Waals surface area contributed by atoms with E-state index in [1.165, 1.54) is 30.4 Å². The van der Waals surface area contributed by atoms with Gasteiger partial charge < -0.3 is 4.74 Å². The number of sulfonamides is 1. The lowest BCUT2D eigenvalue weighted by molar-refractivity contribution is 0.0219. The van der Waals surface area contributed by atoms with Gasteiger partial charge in [-0.1, -0.05) is 32.3 Å². The number of unbranched alkanes of at least 4 members (excludes halogenated alkanes) is 3. The number of rotatable bonds is 12. The number of benzene rings is 1. The number of nitrogens with zero attached hydrogens (tertiary/aromatic N) is 2. The third-order valence-corrected chi connectivity index (χ3v) is 10.5. The van der Waals surface area contributed by atoms with Gasteiger partial charge in [0.2, 0.25) is 10.0 Å². The van der Waals surface area contributed by atoms with E-state index in [9.17, 15) is 16.8 Å². The maximum absolute atomic E-state index is 13.3. The summed E-state index contributed by atoms with van der Waals surface area (Å²) >= 11 is 0. The molecule has 204 valence electrons. The zero-order valence-corrected chi connectivity index (χ0v) is 23.0. The minimum absolute atomic E-state index is 0.0170. The van der Waals surface area contributed by atoms with Crippen molar-refractivity contribution in [2.24, 2.45) is 11.1 Å². The van der Waals surface area contributed by atoms with Crippen molar-refractivity contribution in [1.82, 2.24) is 13.9 Å². The lowest BCUT2D eigenvalue weighted by atomic mass is 9.77. The first-order valence-corrected chi connectivity index (χ1v) is 16.6. The summed E-state index contributed by atoms with van der Waals surface area (Å²) in [6.07, 6.45) is 8.63. The Bertz CT molecular complexity index is 1100. The Labute approximate surface area is 217 Å². The minimum atomic E-state index is -3.81. The first-order chi connectivity index (χ1) is 17.2. The van der Waals surface area contributed by atoms with E-state index in [2.05, 4.69) is 34.7 Å². The first kappa shape index (κ1) is 27.8. The van der Waals surface area contributed by atoms with Gasteiger partial charge in [0.25, 0.3) is 10.2 Å². The second kappa shape index (κ2) is 12.1. The number of hydrogen-bond donors (Lipinski definition) is 2. The maximum Gasteiger partial charge on any atom is 0.274 e. The van der Waals surface area contributed by atoms with E-state index in [-0.39, 0.29) is 30.8 Å². The largest absolute Gasteiger partial charge is 0.494 e. The molecule has 11 heteroatoms. The molecule has 0 spiro atoms. The second-order valence-electron chi connectivity index (χ2n) is 10.5. The van der Waals surface area contributed by atoms with Crippen LogP contribution in [-0.2, 0) is 26.7 Å². The van der Waals surface area contributed by atoms with Crippen LogP contribution in [0, 0.1) is 5.92 Å². The summed E-state index contributed by atoms with van der Waals surface area (Å²) in [4.78, 5) is 2.54. The molecular formula is C25H42N4O5S2. The summed E-state index contributed by atoms with van der Waals surface area (Å²) in [5.74, 6) is 1.19. The van der Waals surface area contributed by atoms with Crippen LogP contribution < -0.4 is 14.6 Å². The van der Waals surface area contributed by atoms with E-state index in [0.717, 1.165) is 57.6 Å². The van der Waals surface area contributed by atoms with Gasteiger partial charge in [0.1, 0.15) is 5.75 Å². The highest BCUT2D eigenvalue weighted by molar-refractivity contribution is 7.89. The first-order valence-electron chi connectivity index (χ1n) is 13.4. The number of ether oxygens (including phenoxy) is 1. The monoisotopic (exact) mass is 542 g/mol. The van der Waals surface area contributed by atoms with Crippen LogP contribution in [0.2, 0.25) is 0 Å². The fourth-order valence-electron chi connectivity index (χ4n) is 6.13. The van der Waals surface area contributed by atoms with Crippen molar-refractivity contribution < 1.29 is 21.6 Å². The summed E-state index contributed by atoms with van der Waals surface area (Å²) in [6.45, 7) is 5.43. The summed E-state index contributed by atoms with van der Waals surface area (Å²) in [5.41, 5.74) is 2.62. The molecule has 9 nitrogen and oxygen atoms in total. The number of hydrogen-bond acceptors (Lipinski definition) is 6. The zero-order valence-electron chi connectivity index (χ0n) is 21.4. The molecule has 1 aromatic rings. The van der Waals surface area contributed by atoms with Gasteiger partial charge in [-0.2, -0.15) is 12.7 Å². The Morgan fingerprint density at radius 3 is 2.72 bits per heavy atom. The van der Waals surface area contributed by atoms with Crippen molar-refractivity contribution in [3.8, 4) is 5.75 Å². The van der Waals surface area contributed by atoms with Gasteiger partial charge in [-0.05, 0) is 67.7 Å². The summed E-state index contributed by atoms with van der Waals surface area (Å²) in [6, 6.07) is 6.65. The minimum Gasteiger partial charge on any atom is -0.494 e. The van der Waals surface area contributed by atoms with Crippen molar-refractivity contribution in [2.75, 3.05) is 38.5 Å². The van der Waals surface area contributed by atoms with Crippen LogP contribution in [-0.4, -0.2) is 70.6 Å². The maximum atomic E-state index is 13.3. The molecule has 2 saturated heterocycles. The van der Waals surface area contributed by atoms with E-state index >= 15 is 0 Å². The van der Waals surface area contributed by atoms with Gasteiger partial charge in [-0.3, -0.25) is 4.90 Å². The molecule has 3 aliphatic rings. The Morgan fingerprint density at radius 2 is 1.94 bits per heavy atom. The van der Waals surface area contributed by atoms with Crippen LogP contribution in [0.15, 0.2) is 18.2 Å². The van der Waals surface area contributed by atoms with Crippen LogP contribution in [0.3, 0.4) is 0 Å². The molecule has 0 saturated carbocycles. The van der Waals surface area contributed by atoms with Gasteiger partial charge >= 0.3 is 0 Å². The molecule has 0 aliphatic carbocycles. The van der Waals surface area contributed by atoms with Crippen LogP contribution in [0.25, 0.3) is 0 Å². The quantitative estimate of drug-likeness (QED) is 0.392. The molecule has 1 aromatic carbocycles. The predicted octanol–water partition coefficient (Wildman–Crippen LogP) is 2.54. The topological polar surface area (TPSA) is 122 Å². The zero-order chi connectivity index (χ0) is 25.8. The molecule has 36 heavy (non-hydrogen) atoms. The van der Waals surface area contributed by atoms with Crippen LogP contribution in [0.4, 0.5) is 0 Å². The summed E-state index contributed by atoms with van der Waals surface area (Å²) in [5, 5.41) is 4.96.